The normalized spacial score (nSPS) is 15.5. The number of alkyl halides is 3. The van der Waals surface area contributed by atoms with Gasteiger partial charge in [0, 0.05) is 0 Å². The lowest BCUT2D eigenvalue weighted by molar-refractivity contribution is -0.344. The maximum atomic E-state index is 12.4. The molecular formula is C10H19F3O6PS+. The van der Waals surface area contributed by atoms with Crippen molar-refractivity contribution in [1.29, 1.82) is 0 Å². The van der Waals surface area contributed by atoms with Gasteiger partial charge in [0.1, 0.15) is 0 Å². The minimum Gasteiger partial charge on any atom is -0.279 e. The van der Waals surface area contributed by atoms with Gasteiger partial charge in [-0.1, -0.05) is 4.57 Å². The van der Waals surface area contributed by atoms with E-state index in [1.54, 1.807) is 0 Å². The van der Waals surface area contributed by atoms with Gasteiger partial charge in [-0.25, -0.2) is 0 Å². The molecule has 0 N–H and O–H groups in total. The molecule has 0 spiro atoms. The molecule has 126 valence electrons. The molecule has 1 atom stereocenters. The highest BCUT2D eigenvalue weighted by Crippen LogP contribution is 2.40. The van der Waals surface area contributed by atoms with Crippen LogP contribution < -0.4 is 0 Å². The average molecular weight is 355 g/mol. The van der Waals surface area contributed by atoms with Crippen molar-refractivity contribution >= 4 is 18.6 Å². The Balaban J connectivity index is 5.77. The fourth-order valence-electron chi connectivity index (χ4n) is 1.11. The maximum Gasteiger partial charge on any atom is 0.523 e. The van der Waals surface area contributed by atoms with Crippen molar-refractivity contribution in [3.8, 4) is 0 Å². The smallest absolute Gasteiger partial charge is 0.279 e. The third kappa shape index (κ3) is 7.01. The summed E-state index contributed by atoms with van der Waals surface area (Å²) in [5.41, 5.74) is -10.9. The van der Waals surface area contributed by atoms with Crippen LogP contribution in [0.25, 0.3) is 0 Å². The van der Waals surface area contributed by atoms with Gasteiger partial charge in [-0.3, -0.25) is 9.47 Å². The molecule has 6 nitrogen and oxygen atoms in total. The molecule has 11 heteroatoms. The molecule has 0 aromatic carbocycles. The molecule has 0 bridgehead atoms. The van der Waals surface area contributed by atoms with Gasteiger partial charge in [0.2, 0.25) is 0 Å². The highest BCUT2D eigenvalue weighted by molar-refractivity contribution is 7.87. The first-order valence-corrected chi connectivity index (χ1v) is 8.06. The van der Waals surface area contributed by atoms with E-state index in [0.29, 0.717) is 0 Å². The summed E-state index contributed by atoms with van der Waals surface area (Å²) < 4.78 is 85.1. The molecule has 0 heterocycles. The zero-order valence-corrected chi connectivity index (χ0v) is 14.3. The predicted octanol–water partition coefficient (Wildman–Crippen LogP) is 3.12. The van der Waals surface area contributed by atoms with Crippen LogP contribution in [-0.2, 0) is 28.3 Å². The molecule has 0 aliphatic heterocycles. The van der Waals surface area contributed by atoms with Crippen molar-refractivity contribution < 1.29 is 39.8 Å². The fourth-order valence-corrected chi connectivity index (χ4v) is 2.72. The van der Waals surface area contributed by atoms with Crippen LogP contribution >= 0.6 is 8.46 Å². The third-order valence-electron chi connectivity index (χ3n) is 1.51. The van der Waals surface area contributed by atoms with Crippen LogP contribution in [0, 0.1) is 0 Å². The summed E-state index contributed by atoms with van der Waals surface area (Å²) in [6.45, 7) is 8.48. The molecular weight excluding hydrogens is 336 g/mol. The summed E-state index contributed by atoms with van der Waals surface area (Å²) in [5.74, 6) is 0. The first-order valence-electron chi connectivity index (χ1n) is 5.75. The lowest BCUT2D eigenvalue weighted by Gasteiger charge is -2.32. The molecule has 0 fully saturated rings. The Kier molecular flexibility index (Phi) is 6.00. The summed E-state index contributed by atoms with van der Waals surface area (Å²) in [6.07, 6.45) is 0. The summed E-state index contributed by atoms with van der Waals surface area (Å²) >= 11 is 0. The first kappa shape index (κ1) is 20.7. The molecule has 21 heavy (non-hydrogen) atoms. The van der Waals surface area contributed by atoms with E-state index in [2.05, 4.69) is 4.18 Å². The van der Waals surface area contributed by atoms with E-state index in [-0.39, 0.29) is 0 Å². The van der Waals surface area contributed by atoms with Crippen LogP contribution in [0.15, 0.2) is 0 Å². The Labute approximate surface area is 123 Å². The van der Waals surface area contributed by atoms with E-state index >= 15 is 0 Å². The number of rotatable bonds is 5. The summed E-state index contributed by atoms with van der Waals surface area (Å²) in [4.78, 5) is 0. The number of ether oxygens (including phenoxy) is 2. The van der Waals surface area contributed by atoms with Gasteiger partial charge >= 0.3 is 29.8 Å². The number of hydrogen-bond donors (Lipinski definition) is 0. The largest absolute Gasteiger partial charge is 0.523 e. The van der Waals surface area contributed by atoms with Gasteiger partial charge in [0.05, 0.1) is 11.2 Å². The van der Waals surface area contributed by atoms with Gasteiger partial charge in [0.25, 0.3) is 0 Å². The van der Waals surface area contributed by atoms with Gasteiger partial charge in [-0.05, 0) is 41.5 Å². The van der Waals surface area contributed by atoms with Crippen LogP contribution in [0.1, 0.15) is 41.5 Å². The molecule has 0 saturated heterocycles. The van der Waals surface area contributed by atoms with Gasteiger partial charge in [0.15, 0.2) is 0 Å². The van der Waals surface area contributed by atoms with Crippen molar-refractivity contribution in [2.24, 2.45) is 0 Å². The van der Waals surface area contributed by atoms with E-state index in [9.17, 15) is 26.2 Å². The molecule has 0 rings (SSSR count). The average Bonchev–Trinajstić information content (AvgIpc) is 2.08. The lowest BCUT2D eigenvalue weighted by Crippen LogP contribution is -2.47. The van der Waals surface area contributed by atoms with Crippen LogP contribution in [-0.4, -0.2) is 30.8 Å². The molecule has 0 aromatic heterocycles. The highest BCUT2D eigenvalue weighted by atomic mass is 32.2. The lowest BCUT2D eigenvalue weighted by atomic mass is 10.2. The number of halogens is 3. The van der Waals surface area contributed by atoms with Crippen molar-refractivity contribution in [1.82, 2.24) is 0 Å². The van der Waals surface area contributed by atoms with Crippen LogP contribution in [0.2, 0.25) is 0 Å². The Morgan fingerprint density at radius 3 is 1.38 bits per heavy atom. The van der Waals surface area contributed by atoms with E-state index in [4.69, 9.17) is 9.47 Å². The second-order valence-corrected chi connectivity index (χ2v) is 8.42. The highest BCUT2D eigenvalue weighted by Gasteiger charge is 2.60. The van der Waals surface area contributed by atoms with Crippen molar-refractivity contribution in [2.75, 3.05) is 0 Å². The molecule has 0 aliphatic carbocycles. The SMILES string of the molecule is CC(C)(C)OC(OC(C)(C)C)(OS(=O)(=O)C(F)(F)F)[PH+]=O. The van der Waals surface area contributed by atoms with Gasteiger partial charge in [-0.15, -0.1) is 0 Å². The quantitative estimate of drug-likeness (QED) is 0.326. The zero-order chi connectivity index (χ0) is 17.3. The molecule has 0 saturated carbocycles. The minimum absolute atomic E-state index is 1.18. The molecule has 1 unspecified atom stereocenters. The standard InChI is InChI=1S/C10H18F3O6PS/c1-7(2,3)17-10(20-14,18-8(4,5)6)19-21(15,16)9(11,12)13/h1-6H3/p+1. The van der Waals surface area contributed by atoms with Gasteiger partial charge < -0.3 is 0 Å². The third-order valence-corrected chi connectivity index (χ3v) is 3.22. The van der Waals surface area contributed by atoms with Crippen molar-refractivity contribution in [2.45, 2.75) is 64.0 Å². The second kappa shape index (κ2) is 6.08. The summed E-state index contributed by atoms with van der Waals surface area (Å²) in [7, 11) is -7.83. The Hall–Kier alpha value is -0.280. The predicted molar refractivity (Wildman–Crippen MR) is 69.5 cm³/mol. The first-order chi connectivity index (χ1) is 8.93. The molecule has 0 aromatic rings. The molecule has 0 amide bonds. The van der Waals surface area contributed by atoms with Crippen molar-refractivity contribution in [3.63, 3.8) is 0 Å². The monoisotopic (exact) mass is 355 g/mol. The Morgan fingerprint density at radius 1 is 0.857 bits per heavy atom. The topological polar surface area (TPSA) is 78.9 Å². The maximum absolute atomic E-state index is 12.4. The molecule has 0 aliphatic rings. The second-order valence-electron chi connectivity index (χ2n) is 6.07. The zero-order valence-electron chi connectivity index (χ0n) is 12.5. The van der Waals surface area contributed by atoms with Crippen LogP contribution in [0.5, 0.6) is 0 Å². The van der Waals surface area contributed by atoms with Crippen LogP contribution in [0.3, 0.4) is 0 Å². The Morgan fingerprint density at radius 2 is 1.19 bits per heavy atom. The van der Waals surface area contributed by atoms with Crippen molar-refractivity contribution in [3.05, 3.63) is 0 Å². The van der Waals surface area contributed by atoms with Crippen LogP contribution in [0.4, 0.5) is 13.2 Å². The Bertz CT molecular complexity index is 458. The summed E-state index contributed by atoms with van der Waals surface area (Å²) in [6, 6.07) is 0. The minimum atomic E-state index is -6.06. The van der Waals surface area contributed by atoms with E-state index in [1.807, 2.05) is 0 Å². The number of hydrogen-bond acceptors (Lipinski definition) is 6. The molecule has 0 radical (unpaired) electrons. The van der Waals surface area contributed by atoms with E-state index < -0.39 is 41.0 Å². The van der Waals surface area contributed by atoms with E-state index in [1.165, 1.54) is 41.5 Å². The fraction of sp³-hybridized carbons (Fsp3) is 1.00. The summed E-state index contributed by atoms with van der Waals surface area (Å²) in [5, 5.41) is 0. The van der Waals surface area contributed by atoms with E-state index in [0.717, 1.165) is 0 Å². The van der Waals surface area contributed by atoms with Gasteiger partial charge in [-0.2, -0.15) is 25.8 Å².